The average Bonchev–Trinajstić information content (AvgIpc) is 3.37. The molecule has 0 aliphatic heterocycles. The molecule has 0 aliphatic carbocycles. The van der Waals surface area contributed by atoms with E-state index in [9.17, 15) is 14.4 Å². The second-order valence-corrected chi connectivity index (χ2v) is 20.2. The molecule has 0 aliphatic rings. The van der Waals surface area contributed by atoms with Crippen LogP contribution in [-0.4, -0.2) is 37.2 Å². The van der Waals surface area contributed by atoms with Gasteiger partial charge in [0.2, 0.25) is 0 Å². The Morgan fingerprint density at radius 3 is 0.944 bits per heavy atom. The Kier molecular flexibility index (Phi) is 56.8. The van der Waals surface area contributed by atoms with Crippen molar-refractivity contribution in [2.45, 2.75) is 309 Å². The van der Waals surface area contributed by atoms with Crippen LogP contribution in [0.5, 0.6) is 0 Å². The monoisotopic (exact) mass is 991 g/mol. The normalized spacial score (nSPS) is 12.5. The lowest BCUT2D eigenvalue weighted by Crippen LogP contribution is -2.30. The summed E-state index contributed by atoms with van der Waals surface area (Å²) in [5.74, 6) is -0.922. The van der Waals surface area contributed by atoms with E-state index in [2.05, 4.69) is 93.7 Å². The molecule has 0 radical (unpaired) electrons. The summed E-state index contributed by atoms with van der Waals surface area (Å²) in [4.78, 5) is 38.1. The molecule has 0 aromatic carbocycles. The smallest absolute Gasteiger partial charge is 0.306 e. The molecule has 71 heavy (non-hydrogen) atoms. The Morgan fingerprint density at radius 1 is 0.296 bits per heavy atom. The van der Waals surface area contributed by atoms with Crippen LogP contribution in [0.4, 0.5) is 0 Å². The van der Waals surface area contributed by atoms with Crippen molar-refractivity contribution in [1.29, 1.82) is 0 Å². The minimum absolute atomic E-state index is 0.0893. The molecule has 0 heterocycles. The number of unbranched alkanes of at least 4 members (excludes halogenated alkanes) is 32. The van der Waals surface area contributed by atoms with E-state index >= 15 is 0 Å². The number of hydrogen-bond acceptors (Lipinski definition) is 6. The third-order valence-electron chi connectivity index (χ3n) is 13.2. The number of carbonyl (C=O) groups is 3. The highest BCUT2D eigenvalue weighted by Crippen LogP contribution is 2.17. The van der Waals surface area contributed by atoms with Gasteiger partial charge in [0.25, 0.3) is 0 Å². The van der Waals surface area contributed by atoms with Crippen molar-refractivity contribution in [3.05, 3.63) is 72.9 Å². The standard InChI is InChI=1S/C65H114O6/c1-4-7-10-13-16-19-22-24-26-28-30-31-32-33-34-36-37-39-41-43-46-49-52-55-58-64(67)70-61-62(60-69-63(66)57-54-51-48-45-21-18-15-12-9-6-3)71-65(68)59-56-53-50-47-44-42-40-38-35-29-27-25-23-20-17-14-11-8-5-2/h8,11-12,15,17,20,25,27,35,38,42,44,62H,4-7,9-10,13-14,16,18-19,21-24,26,28-34,36-37,39-41,43,45-61H2,1-3H3/b11-8-,15-12-,20-17-,27-25-,38-35-,44-42-. The van der Waals surface area contributed by atoms with Crippen LogP contribution in [-0.2, 0) is 28.6 Å². The summed E-state index contributed by atoms with van der Waals surface area (Å²) in [5, 5.41) is 0. The number of allylic oxidation sites excluding steroid dienone is 12. The van der Waals surface area contributed by atoms with Crippen LogP contribution in [0.25, 0.3) is 0 Å². The van der Waals surface area contributed by atoms with Crippen molar-refractivity contribution in [2.24, 2.45) is 0 Å². The zero-order chi connectivity index (χ0) is 51.4. The van der Waals surface area contributed by atoms with Gasteiger partial charge in [-0.05, 0) is 83.5 Å². The van der Waals surface area contributed by atoms with Crippen molar-refractivity contribution in [2.75, 3.05) is 13.2 Å². The fourth-order valence-electron chi connectivity index (χ4n) is 8.65. The van der Waals surface area contributed by atoms with Crippen LogP contribution in [0.1, 0.15) is 303 Å². The molecule has 0 N–H and O–H groups in total. The fraction of sp³-hybridized carbons (Fsp3) is 0.769. The lowest BCUT2D eigenvalue weighted by atomic mass is 10.0. The van der Waals surface area contributed by atoms with Gasteiger partial charge in [-0.15, -0.1) is 0 Å². The van der Waals surface area contributed by atoms with Crippen molar-refractivity contribution >= 4 is 17.9 Å². The highest BCUT2D eigenvalue weighted by atomic mass is 16.6. The molecule has 0 spiro atoms. The Hall–Kier alpha value is -3.15. The molecular weight excluding hydrogens is 877 g/mol. The third kappa shape index (κ3) is 57.6. The van der Waals surface area contributed by atoms with Gasteiger partial charge in [-0.1, -0.05) is 273 Å². The number of esters is 3. The van der Waals surface area contributed by atoms with Crippen LogP contribution in [0.15, 0.2) is 72.9 Å². The Labute approximate surface area is 440 Å². The number of ether oxygens (including phenoxy) is 3. The zero-order valence-corrected chi connectivity index (χ0v) is 47.0. The lowest BCUT2D eigenvalue weighted by Gasteiger charge is -2.18. The Bertz CT molecular complexity index is 1320. The molecule has 0 fully saturated rings. The summed E-state index contributed by atoms with van der Waals surface area (Å²) < 4.78 is 16.8. The highest BCUT2D eigenvalue weighted by Gasteiger charge is 2.19. The van der Waals surface area contributed by atoms with Gasteiger partial charge in [-0.25, -0.2) is 0 Å². The van der Waals surface area contributed by atoms with Gasteiger partial charge in [-0.2, -0.15) is 0 Å². The maximum atomic E-state index is 12.8. The first-order valence-electron chi connectivity index (χ1n) is 30.4. The Balaban J connectivity index is 4.27. The first kappa shape index (κ1) is 67.8. The van der Waals surface area contributed by atoms with Crippen LogP contribution in [0.3, 0.4) is 0 Å². The molecule has 0 aromatic rings. The maximum absolute atomic E-state index is 12.8. The van der Waals surface area contributed by atoms with Crippen LogP contribution in [0, 0.1) is 0 Å². The molecule has 0 amide bonds. The van der Waals surface area contributed by atoms with Gasteiger partial charge in [0.1, 0.15) is 13.2 Å². The molecular formula is C65H114O6. The molecule has 0 bridgehead atoms. The predicted octanol–water partition coefficient (Wildman–Crippen LogP) is 20.5. The SMILES string of the molecule is CC/C=C\C/C=C\C/C=C\C/C=C\C/C=C\CCCCCC(=O)OC(COC(=O)CCCCCCC/C=C\CCC)COC(=O)CCCCCCCCCCCCCCCCCCCCCCCCCC. The van der Waals surface area contributed by atoms with Gasteiger partial charge in [0.05, 0.1) is 0 Å². The lowest BCUT2D eigenvalue weighted by molar-refractivity contribution is -0.167. The van der Waals surface area contributed by atoms with E-state index < -0.39 is 6.10 Å². The summed E-state index contributed by atoms with van der Waals surface area (Å²) in [6.07, 6.45) is 76.3. The van der Waals surface area contributed by atoms with E-state index in [0.717, 1.165) is 116 Å². The Morgan fingerprint density at radius 2 is 0.577 bits per heavy atom. The summed E-state index contributed by atoms with van der Waals surface area (Å²) in [6, 6.07) is 0. The van der Waals surface area contributed by atoms with Crippen molar-refractivity contribution < 1.29 is 28.6 Å². The topological polar surface area (TPSA) is 78.9 Å². The van der Waals surface area contributed by atoms with Crippen LogP contribution < -0.4 is 0 Å². The predicted molar refractivity (Wildman–Crippen MR) is 307 cm³/mol. The molecule has 6 nitrogen and oxygen atoms in total. The molecule has 1 unspecified atom stereocenters. The highest BCUT2D eigenvalue weighted by molar-refractivity contribution is 5.71. The van der Waals surface area contributed by atoms with Gasteiger partial charge >= 0.3 is 17.9 Å². The molecule has 0 saturated carbocycles. The molecule has 0 saturated heterocycles. The number of carbonyl (C=O) groups excluding carboxylic acids is 3. The average molecular weight is 992 g/mol. The number of rotatable bonds is 55. The zero-order valence-electron chi connectivity index (χ0n) is 47.0. The van der Waals surface area contributed by atoms with E-state index in [-0.39, 0.29) is 37.5 Å². The molecule has 0 rings (SSSR count). The first-order chi connectivity index (χ1) is 35.0. The van der Waals surface area contributed by atoms with E-state index in [1.54, 1.807) is 0 Å². The van der Waals surface area contributed by atoms with Gasteiger partial charge in [-0.3, -0.25) is 14.4 Å². The molecule has 1 atom stereocenters. The molecule has 6 heteroatoms. The second kappa shape index (κ2) is 59.4. The fourth-order valence-corrected chi connectivity index (χ4v) is 8.65. The summed E-state index contributed by atoms with van der Waals surface area (Å²) in [5.41, 5.74) is 0. The van der Waals surface area contributed by atoms with Gasteiger partial charge in [0, 0.05) is 19.3 Å². The van der Waals surface area contributed by atoms with Crippen molar-refractivity contribution in [1.82, 2.24) is 0 Å². The van der Waals surface area contributed by atoms with Crippen molar-refractivity contribution in [3.8, 4) is 0 Å². The summed E-state index contributed by atoms with van der Waals surface area (Å²) in [7, 11) is 0. The third-order valence-corrected chi connectivity index (χ3v) is 13.2. The quantitative estimate of drug-likeness (QED) is 0.0261. The van der Waals surface area contributed by atoms with Gasteiger partial charge in [0.15, 0.2) is 6.10 Å². The second-order valence-electron chi connectivity index (χ2n) is 20.2. The van der Waals surface area contributed by atoms with E-state index in [1.165, 1.54) is 148 Å². The molecule has 0 aromatic heterocycles. The summed E-state index contributed by atoms with van der Waals surface area (Å²) >= 11 is 0. The van der Waals surface area contributed by atoms with Crippen LogP contribution >= 0.6 is 0 Å². The number of hydrogen-bond donors (Lipinski definition) is 0. The first-order valence-corrected chi connectivity index (χ1v) is 30.4. The van der Waals surface area contributed by atoms with Crippen LogP contribution in [0.2, 0.25) is 0 Å². The minimum atomic E-state index is -0.795. The van der Waals surface area contributed by atoms with Crippen molar-refractivity contribution in [3.63, 3.8) is 0 Å². The van der Waals surface area contributed by atoms with E-state index in [4.69, 9.17) is 14.2 Å². The maximum Gasteiger partial charge on any atom is 0.306 e. The van der Waals surface area contributed by atoms with E-state index in [1.807, 2.05) is 0 Å². The van der Waals surface area contributed by atoms with E-state index in [0.29, 0.717) is 12.8 Å². The minimum Gasteiger partial charge on any atom is -0.462 e. The largest absolute Gasteiger partial charge is 0.462 e. The van der Waals surface area contributed by atoms with Gasteiger partial charge < -0.3 is 14.2 Å². The molecule has 410 valence electrons. The summed E-state index contributed by atoms with van der Waals surface area (Å²) in [6.45, 7) is 6.46.